The van der Waals surface area contributed by atoms with Crippen molar-refractivity contribution in [2.45, 2.75) is 6.92 Å². The Hall–Kier alpha value is -2.87. The molecule has 25 heavy (non-hydrogen) atoms. The van der Waals surface area contributed by atoms with Gasteiger partial charge in [0.2, 0.25) is 0 Å². The summed E-state index contributed by atoms with van der Waals surface area (Å²) >= 11 is 1.36. The number of amides is 2. The van der Waals surface area contributed by atoms with E-state index in [0.717, 1.165) is 21.3 Å². The van der Waals surface area contributed by atoms with Gasteiger partial charge in [-0.25, -0.2) is 9.78 Å². The van der Waals surface area contributed by atoms with Crippen molar-refractivity contribution in [1.29, 1.82) is 0 Å². The first-order valence-electron chi connectivity index (χ1n) is 7.72. The Morgan fingerprint density at radius 3 is 2.84 bits per heavy atom. The number of pyridine rings is 1. The van der Waals surface area contributed by atoms with E-state index >= 15 is 0 Å². The van der Waals surface area contributed by atoms with Crippen LogP contribution in [0.1, 0.15) is 6.92 Å². The van der Waals surface area contributed by atoms with E-state index in [1.165, 1.54) is 15.9 Å². The highest BCUT2D eigenvalue weighted by Gasteiger charge is 2.13. The van der Waals surface area contributed by atoms with Crippen molar-refractivity contribution in [3.05, 3.63) is 40.8 Å². The molecule has 0 fully saturated rings. The van der Waals surface area contributed by atoms with E-state index in [0.29, 0.717) is 17.4 Å². The predicted molar refractivity (Wildman–Crippen MR) is 99.5 cm³/mol. The molecule has 3 rings (SSSR count). The molecule has 0 saturated carbocycles. The van der Waals surface area contributed by atoms with Gasteiger partial charge in [0.1, 0.15) is 5.75 Å². The Kier molecular flexibility index (Phi) is 4.71. The van der Waals surface area contributed by atoms with Gasteiger partial charge in [0.15, 0.2) is 5.13 Å². The number of methoxy groups -OCH3 is 1. The lowest BCUT2D eigenvalue weighted by Crippen LogP contribution is -2.28. The van der Waals surface area contributed by atoms with Crippen LogP contribution >= 0.6 is 11.3 Å². The van der Waals surface area contributed by atoms with Gasteiger partial charge in [-0.1, -0.05) is 11.3 Å². The molecule has 130 valence electrons. The van der Waals surface area contributed by atoms with Crippen LogP contribution in [0.3, 0.4) is 0 Å². The molecule has 0 unspecified atom stereocenters. The highest BCUT2D eigenvalue weighted by atomic mass is 32.1. The Labute approximate surface area is 148 Å². The van der Waals surface area contributed by atoms with Crippen molar-refractivity contribution >= 4 is 32.7 Å². The van der Waals surface area contributed by atoms with E-state index in [9.17, 15) is 9.59 Å². The predicted octanol–water partition coefficient (Wildman–Crippen LogP) is 2.81. The molecule has 0 saturated heterocycles. The minimum atomic E-state index is -0.291. The number of anilines is 1. The van der Waals surface area contributed by atoms with Crippen molar-refractivity contribution in [1.82, 2.24) is 14.9 Å². The third-order valence-corrected chi connectivity index (χ3v) is 4.62. The molecule has 0 aliphatic carbocycles. The number of ether oxygens (including phenoxy) is 1. The minimum absolute atomic E-state index is 0.100. The van der Waals surface area contributed by atoms with Crippen molar-refractivity contribution in [2.75, 3.05) is 19.0 Å². The van der Waals surface area contributed by atoms with Gasteiger partial charge in [0, 0.05) is 37.5 Å². The molecular weight excluding hydrogens is 340 g/mol. The summed E-state index contributed by atoms with van der Waals surface area (Å²) in [5.41, 5.74) is 2.17. The number of thiazole rings is 1. The normalized spacial score (nSPS) is 10.7. The molecule has 7 nitrogen and oxygen atoms in total. The molecule has 8 heteroatoms. The summed E-state index contributed by atoms with van der Waals surface area (Å²) in [6.45, 7) is 2.39. The van der Waals surface area contributed by atoms with Crippen LogP contribution in [0.4, 0.5) is 9.93 Å². The van der Waals surface area contributed by atoms with Crippen LogP contribution in [0.2, 0.25) is 0 Å². The lowest BCUT2D eigenvalue weighted by atomic mass is 10.1. The molecular formula is C17H18N4O3S. The monoisotopic (exact) mass is 358 g/mol. The lowest BCUT2D eigenvalue weighted by molar-refractivity contribution is 0.252. The number of aryl methyl sites for hydroxylation is 1. The fraction of sp³-hybridized carbons (Fsp3) is 0.235. The fourth-order valence-corrected chi connectivity index (χ4v) is 3.29. The number of fused-ring (bicyclic) bond motifs is 1. The zero-order valence-corrected chi connectivity index (χ0v) is 14.9. The number of aromatic nitrogens is 2. The topological polar surface area (TPSA) is 85.3 Å². The standard InChI is InChI=1S/C17H18N4O3S/c1-4-18-16(23)20-17-19-12-8-11(13(24-3)9-14(12)25-17)10-5-6-21(2)15(22)7-10/h5-9H,4H2,1-3H3,(H2,18,19,20,23). The molecule has 2 amide bonds. The first-order valence-corrected chi connectivity index (χ1v) is 8.54. The number of rotatable bonds is 4. The van der Waals surface area contributed by atoms with Crippen molar-refractivity contribution in [3.63, 3.8) is 0 Å². The van der Waals surface area contributed by atoms with Gasteiger partial charge in [0.25, 0.3) is 5.56 Å². The third kappa shape index (κ3) is 3.48. The zero-order chi connectivity index (χ0) is 18.0. The average Bonchev–Trinajstić information content (AvgIpc) is 2.97. The molecule has 3 aromatic rings. The Balaban J connectivity index is 2.05. The molecule has 0 bridgehead atoms. The summed E-state index contributed by atoms with van der Waals surface area (Å²) < 4.78 is 7.87. The highest BCUT2D eigenvalue weighted by Crippen LogP contribution is 2.36. The molecule has 0 atom stereocenters. The second-order valence-electron chi connectivity index (χ2n) is 5.39. The number of hydrogen-bond donors (Lipinski definition) is 2. The van der Waals surface area contributed by atoms with Gasteiger partial charge in [-0.3, -0.25) is 10.1 Å². The molecule has 1 aromatic carbocycles. The van der Waals surface area contributed by atoms with E-state index < -0.39 is 0 Å². The van der Waals surface area contributed by atoms with E-state index in [2.05, 4.69) is 15.6 Å². The largest absolute Gasteiger partial charge is 0.496 e. The van der Waals surface area contributed by atoms with Crippen LogP contribution in [0.15, 0.2) is 35.3 Å². The van der Waals surface area contributed by atoms with Gasteiger partial charge in [-0.2, -0.15) is 0 Å². The van der Waals surface area contributed by atoms with E-state index in [1.807, 2.05) is 25.1 Å². The molecule has 0 radical (unpaired) electrons. The summed E-state index contributed by atoms with van der Waals surface area (Å²) in [6, 6.07) is 6.85. The number of carbonyl (C=O) groups excluding carboxylic acids is 1. The second kappa shape index (κ2) is 6.94. The number of hydrogen-bond acceptors (Lipinski definition) is 5. The average molecular weight is 358 g/mol. The van der Waals surface area contributed by atoms with Gasteiger partial charge < -0.3 is 14.6 Å². The van der Waals surface area contributed by atoms with Gasteiger partial charge >= 0.3 is 6.03 Å². The lowest BCUT2D eigenvalue weighted by Gasteiger charge is -2.09. The summed E-state index contributed by atoms with van der Waals surface area (Å²) in [4.78, 5) is 28.0. The summed E-state index contributed by atoms with van der Waals surface area (Å²) in [5.74, 6) is 0.647. The molecule has 2 heterocycles. The van der Waals surface area contributed by atoms with Crippen LogP contribution in [-0.4, -0.2) is 29.2 Å². The van der Waals surface area contributed by atoms with Crippen molar-refractivity contribution in [2.24, 2.45) is 7.05 Å². The van der Waals surface area contributed by atoms with Crippen molar-refractivity contribution < 1.29 is 9.53 Å². The maximum Gasteiger partial charge on any atom is 0.321 e. The second-order valence-corrected chi connectivity index (χ2v) is 6.42. The SMILES string of the molecule is CCNC(=O)Nc1nc2cc(-c3ccn(C)c(=O)c3)c(OC)cc2s1. The molecule has 2 N–H and O–H groups in total. The maximum atomic E-state index is 11.9. The maximum absolute atomic E-state index is 11.9. The number of nitrogens with one attached hydrogen (secondary N) is 2. The van der Waals surface area contributed by atoms with Crippen LogP contribution in [0.5, 0.6) is 5.75 Å². The molecule has 0 aliphatic rings. The van der Waals surface area contributed by atoms with Crippen LogP contribution < -0.4 is 20.9 Å². The molecule has 0 spiro atoms. The van der Waals surface area contributed by atoms with Gasteiger partial charge in [-0.05, 0) is 24.6 Å². The van der Waals surface area contributed by atoms with Gasteiger partial charge in [-0.15, -0.1) is 0 Å². The van der Waals surface area contributed by atoms with Crippen LogP contribution in [-0.2, 0) is 7.05 Å². The number of nitrogens with zero attached hydrogens (tertiary/aromatic N) is 2. The van der Waals surface area contributed by atoms with E-state index in [1.54, 1.807) is 26.4 Å². The summed E-state index contributed by atoms with van der Waals surface area (Å²) in [6.07, 6.45) is 1.71. The van der Waals surface area contributed by atoms with Crippen LogP contribution in [0.25, 0.3) is 21.3 Å². The summed E-state index contributed by atoms with van der Waals surface area (Å²) in [5, 5.41) is 5.88. The molecule has 2 aromatic heterocycles. The van der Waals surface area contributed by atoms with Gasteiger partial charge in [0.05, 0.1) is 17.3 Å². The van der Waals surface area contributed by atoms with E-state index in [-0.39, 0.29) is 11.6 Å². The van der Waals surface area contributed by atoms with E-state index in [4.69, 9.17) is 4.74 Å². The van der Waals surface area contributed by atoms with Crippen molar-refractivity contribution in [3.8, 4) is 16.9 Å². The Bertz CT molecular complexity index is 993. The third-order valence-electron chi connectivity index (χ3n) is 3.68. The molecule has 0 aliphatic heterocycles. The smallest absolute Gasteiger partial charge is 0.321 e. The zero-order valence-electron chi connectivity index (χ0n) is 14.1. The number of benzene rings is 1. The Morgan fingerprint density at radius 2 is 2.16 bits per heavy atom. The summed E-state index contributed by atoms with van der Waals surface area (Å²) in [7, 11) is 3.28. The quantitative estimate of drug-likeness (QED) is 0.751. The first kappa shape index (κ1) is 17.0. The number of carbonyl (C=O) groups is 1. The van der Waals surface area contributed by atoms with Crippen LogP contribution in [0, 0.1) is 0 Å². The minimum Gasteiger partial charge on any atom is -0.496 e. The number of urea groups is 1. The first-order chi connectivity index (χ1) is 12.0. The highest BCUT2D eigenvalue weighted by molar-refractivity contribution is 7.22. The fourth-order valence-electron chi connectivity index (χ4n) is 2.42. The Morgan fingerprint density at radius 1 is 1.36 bits per heavy atom.